The standard InChI is InChI=1S/C12H20N2O4/c1-12(2,3)18-11(16)14-6-4-9(5-7-14)10(15)8-13-17/h8-9,17H,4-7H2,1-3H3/b13-8+. The molecule has 102 valence electrons. The Morgan fingerprint density at radius 2 is 1.89 bits per heavy atom. The molecule has 0 aromatic heterocycles. The second-order valence-corrected chi connectivity index (χ2v) is 5.39. The van der Waals surface area contributed by atoms with Gasteiger partial charge in [0.15, 0.2) is 5.78 Å². The smallest absolute Gasteiger partial charge is 0.410 e. The first-order valence-electron chi connectivity index (χ1n) is 6.02. The molecule has 0 saturated carbocycles. The van der Waals surface area contributed by atoms with Crippen molar-refractivity contribution in [1.29, 1.82) is 0 Å². The largest absolute Gasteiger partial charge is 0.444 e. The second kappa shape index (κ2) is 5.84. The van der Waals surface area contributed by atoms with Crippen molar-refractivity contribution >= 4 is 18.1 Å². The number of carbonyl (C=O) groups is 2. The molecule has 0 aromatic rings. The zero-order valence-electron chi connectivity index (χ0n) is 11.0. The van der Waals surface area contributed by atoms with E-state index in [2.05, 4.69) is 5.16 Å². The molecular formula is C12H20N2O4. The zero-order chi connectivity index (χ0) is 13.8. The minimum Gasteiger partial charge on any atom is -0.444 e. The lowest BCUT2D eigenvalue weighted by molar-refractivity contribution is -0.117. The molecule has 0 bridgehead atoms. The van der Waals surface area contributed by atoms with E-state index in [1.807, 2.05) is 20.8 Å². The highest BCUT2D eigenvalue weighted by Gasteiger charge is 2.29. The van der Waals surface area contributed by atoms with Crippen molar-refractivity contribution in [2.45, 2.75) is 39.2 Å². The van der Waals surface area contributed by atoms with Gasteiger partial charge in [-0.05, 0) is 33.6 Å². The highest BCUT2D eigenvalue weighted by atomic mass is 16.6. The molecule has 1 fully saturated rings. The van der Waals surface area contributed by atoms with Crippen LogP contribution in [0.5, 0.6) is 0 Å². The highest BCUT2D eigenvalue weighted by Crippen LogP contribution is 2.19. The summed E-state index contributed by atoms with van der Waals surface area (Å²) in [6.07, 6.45) is 1.73. The molecule has 0 radical (unpaired) electrons. The topological polar surface area (TPSA) is 79.2 Å². The van der Waals surface area contributed by atoms with Crippen molar-refractivity contribution in [3.05, 3.63) is 0 Å². The molecule has 0 aromatic carbocycles. The quantitative estimate of drug-likeness (QED) is 0.463. The van der Waals surface area contributed by atoms with Crippen molar-refractivity contribution in [1.82, 2.24) is 4.90 Å². The van der Waals surface area contributed by atoms with Gasteiger partial charge in [-0.3, -0.25) is 4.79 Å². The fourth-order valence-electron chi connectivity index (χ4n) is 1.84. The van der Waals surface area contributed by atoms with Crippen LogP contribution in [0, 0.1) is 5.92 Å². The molecule has 0 atom stereocenters. The molecule has 0 unspecified atom stereocenters. The molecule has 1 heterocycles. The summed E-state index contributed by atoms with van der Waals surface area (Å²) in [5, 5.41) is 11.0. The maximum Gasteiger partial charge on any atom is 0.410 e. The Balaban J connectivity index is 2.44. The van der Waals surface area contributed by atoms with Crippen LogP contribution in [0.1, 0.15) is 33.6 Å². The van der Waals surface area contributed by atoms with Gasteiger partial charge >= 0.3 is 6.09 Å². The summed E-state index contributed by atoms with van der Waals surface area (Å²) in [6.45, 7) is 6.44. The lowest BCUT2D eigenvalue weighted by Crippen LogP contribution is -2.43. The highest BCUT2D eigenvalue weighted by molar-refractivity contribution is 6.28. The Morgan fingerprint density at radius 3 is 2.33 bits per heavy atom. The van der Waals surface area contributed by atoms with Gasteiger partial charge in [-0.2, -0.15) is 0 Å². The third kappa shape index (κ3) is 4.35. The number of likely N-dealkylation sites (tertiary alicyclic amines) is 1. The van der Waals surface area contributed by atoms with Gasteiger partial charge in [0.1, 0.15) is 11.8 Å². The van der Waals surface area contributed by atoms with Gasteiger partial charge in [0.2, 0.25) is 0 Å². The Bertz CT molecular complexity index is 338. The van der Waals surface area contributed by atoms with E-state index in [9.17, 15) is 9.59 Å². The third-order valence-electron chi connectivity index (χ3n) is 2.73. The van der Waals surface area contributed by atoms with Crippen molar-refractivity contribution in [3.8, 4) is 0 Å². The van der Waals surface area contributed by atoms with Crippen molar-refractivity contribution in [3.63, 3.8) is 0 Å². The fraction of sp³-hybridized carbons (Fsp3) is 0.750. The summed E-state index contributed by atoms with van der Waals surface area (Å²) in [6, 6.07) is 0. The Kier molecular flexibility index (Phi) is 4.69. The normalized spacial score (nSPS) is 18.1. The number of hydrogen-bond acceptors (Lipinski definition) is 5. The van der Waals surface area contributed by atoms with E-state index in [-0.39, 0.29) is 17.8 Å². The molecule has 0 spiro atoms. The van der Waals surface area contributed by atoms with Gasteiger partial charge in [0, 0.05) is 19.0 Å². The van der Waals surface area contributed by atoms with E-state index in [1.54, 1.807) is 4.90 Å². The summed E-state index contributed by atoms with van der Waals surface area (Å²) in [5.74, 6) is -0.360. The van der Waals surface area contributed by atoms with E-state index >= 15 is 0 Å². The summed E-state index contributed by atoms with van der Waals surface area (Å²) >= 11 is 0. The van der Waals surface area contributed by atoms with E-state index in [0.717, 1.165) is 6.21 Å². The van der Waals surface area contributed by atoms with Crippen LogP contribution in [0.3, 0.4) is 0 Å². The Labute approximate surface area is 107 Å². The van der Waals surface area contributed by atoms with Crippen LogP contribution in [0.15, 0.2) is 5.16 Å². The number of piperidine rings is 1. The number of rotatable bonds is 2. The van der Waals surface area contributed by atoms with Gasteiger partial charge < -0.3 is 14.8 Å². The van der Waals surface area contributed by atoms with E-state index in [0.29, 0.717) is 25.9 Å². The Hall–Kier alpha value is -1.59. The third-order valence-corrected chi connectivity index (χ3v) is 2.73. The van der Waals surface area contributed by atoms with Crippen LogP contribution < -0.4 is 0 Å². The van der Waals surface area contributed by atoms with E-state index in [4.69, 9.17) is 9.94 Å². The van der Waals surface area contributed by atoms with Gasteiger partial charge in [-0.25, -0.2) is 4.79 Å². The van der Waals surface area contributed by atoms with Crippen LogP contribution in [0.25, 0.3) is 0 Å². The molecule has 0 aliphatic carbocycles. The van der Waals surface area contributed by atoms with Crippen molar-refractivity contribution in [2.24, 2.45) is 11.1 Å². The molecule has 1 N–H and O–H groups in total. The number of amides is 1. The minimum atomic E-state index is -0.507. The fourth-order valence-corrected chi connectivity index (χ4v) is 1.84. The van der Waals surface area contributed by atoms with Crippen LogP contribution in [-0.2, 0) is 9.53 Å². The predicted molar refractivity (Wildman–Crippen MR) is 65.8 cm³/mol. The Morgan fingerprint density at radius 1 is 1.33 bits per heavy atom. The number of ketones is 1. The van der Waals surface area contributed by atoms with Gasteiger partial charge in [0.25, 0.3) is 0 Å². The number of hydrogen-bond donors (Lipinski definition) is 1. The summed E-state index contributed by atoms with van der Waals surface area (Å²) < 4.78 is 5.26. The van der Waals surface area contributed by atoms with Gasteiger partial charge in [0.05, 0.1) is 0 Å². The molecule has 18 heavy (non-hydrogen) atoms. The monoisotopic (exact) mass is 256 g/mol. The van der Waals surface area contributed by atoms with Gasteiger partial charge in [-0.1, -0.05) is 5.16 Å². The summed E-state index contributed by atoms with van der Waals surface area (Å²) in [5.41, 5.74) is -0.507. The average Bonchev–Trinajstić information content (AvgIpc) is 2.27. The lowest BCUT2D eigenvalue weighted by Gasteiger charge is -2.32. The van der Waals surface area contributed by atoms with Crippen LogP contribution >= 0.6 is 0 Å². The number of nitrogens with zero attached hydrogens (tertiary/aromatic N) is 2. The molecule has 6 nitrogen and oxygen atoms in total. The average molecular weight is 256 g/mol. The maximum absolute atomic E-state index is 11.8. The minimum absolute atomic E-state index is 0.167. The lowest BCUT2D eigenvalue weighted by atomic mass is 9.93. The molecule has 1 aliphatic heterocycles. The molecular weight excluding hydrogens is 236 g/mol. The number of carbonyl (C=O) groups excluding carboxylic acids is 2. The van der Waals surface area contributed by atoms with Crippen molar-refractivity contribution < 1.29 is 19.5 Å². The number of Topliss-reactive ketones (excluding diaryl/α,β-unsaturated/α-hetero) is 1. The first-order chi connectivity index (χ1) is 8.33. The van der Waals surface area contributed by atoms with Gasteiger partial charge in [-0.15, -0.1) is 0 Å². The van der Waals surface area contributed by atoms with E-state index in [1.165, 1.54) is 0 Å². The number of oxime groups is 1. The van der Waals surface area contributed by atoms with Crippen LogP contribution in [0.2, 0.25) is 0 Å². The number of ether oxygens (including phenoxy) is 1. The van der Waals surface area contributed by atoms with E-state index < -0.39 is 5.60 Å². The second-order valence-electron chi connectivity index (χ2n) is 5.39. The maximum atomic E-state index is 11.8. The molecule has 1 saturated heterocycles. The molecule has 6 heteroatoms. The SMILES string of the molecule is CC(C)(C)OC(=O)N1CCC(C(=O)/C=N/O)CC1. The molecule has 1 aliphatic rings. The molecule has 1 rings (SSSR count). The summed E-state index contributed by atoms with van der Waals surface area (Å²) in [4.78, 5) is 24.8. The predicted octanol–water partition coefficient (Wildman–Crippen LogP) is 1.66. The first kappa shape index (κ1) is 14.5. The van der Waals surface area contributed by atoms with Crippen molar-refractivity contribution in [2.75, 3.05) is 13.1 Å². The van der Waals surface area contributed by atoms with Crippen LogP contribution in [-0.4, -0.2) is 46.9 Å². The zero-order valence-corrected chi connectivity index (χ0v) is 11.0. The first-order valence-corrected chi connectivity index (χ1v) is 6.02. The van der Waals surface area contributed by atoms with Crippen LogP contribution in [0.4, 0.5) is 4.79 Å². The summed E-state index contributed by atoms with van der Waals surface area (Å²) in [7, 11) is 0. The molecule has 1 amide bonds.